The molecule has 1 aliphatic heterocycles. The van der Waals surface area contributed by atoms with E-state index in [9.17, 15) is 9.59 Å². The molecule has 2 fully saturated rings. The molecule has 1 heterocycles. The zero-order chi connectivity index (χ0) is 15.4. The van der Waals surface area contributed by atoms with Crippen molar-refractivity contribution >= 4 is 12.0 Å². The van der Waals surface area contributed by atoms with E-state index in [1.807, 2.05) is 0 Å². The zero-order valence-corrected chi connectivity index (χ0v) is 12.9. The molecule has 1 aliphatic carbocycles. The number of urea groups is 1. The highest BCUT2D eigenvalue weighted by atomic mass is 16.5. The van der Waals surface area contributed by atoms with Gasteiger partial charge in [0, 0.05) is 12.6 Å². The van der Waals surface area contributed by atoms with E-state index in [-0.39, 0.29) is 24.5 Å². The molecule has 6 heteroatoms. The maximum Gasteiger partial charge on any atom is 0.318 e. The number of nitrogens with one attached hydrogen (secondary N) is 1. The Hall–Kier alpha value is -1.30. The number of carbonyl (C=O) groups excluding carboxylic acids is 1. The summed E-state index contributed by atoms with van der Waals surface area (Å²) in [7, 11) is 0. The Morgan fingerprint density at radius 3 is 2.52 bits per heavy atom. The molecule has 3 unspecified atom stereocenters. The molecular weight excluding hydrogens is 272 g/mol. The summed E-state index contributed by atoms with van der Waals surface area (Å²) in [5, 5.41) is 12.0. The van der Waals surface area contributed by atoms with Gasteiger partial charge in [0.05, 0.1) is 25.7 Å². The van der Waals surface area contributed by atoms with Crippen LogP contribution in [-0.2, 0) is 9.53 Å². The monoisotopic (exact) mass is 298 g/mol. The highest BCUT2D eigenvalue weighted by molar-refractivity contribution is 5.76. The summed E-state index contributed by atoms with van der Waals surface area (Å²) >= 11 is 0. The van der Waals surface area contributed by atoms with Crippen LogP contribution in [0.1, 0.15) is 39.5 Å². The Kier molecular flexibility index (Phi) is 5.45. The first-order valence-corrected chi connectivity index (χ1v) is 7.82. The van der Waals surface area contributed by atoms with E-state index in [0.29, 0.717) is 31.6 Å². The Morgan fingerprint density at radius 1 is 1.24 bits per heavy atom. The molecule has 0 bridgehead atoms. The van der Waals surface area contributed by atoms with Crippen molar-refractivity contribution < 1.29 is 19.4 Å². The molecule has 0 aromatic heterocycles. The van der Waals surface area contributed by atoms with Gasteiger partial charge in [0.1, 0.15) is 0 Å². The Bertz CT molecular complexity index is 378. The SMILES string of the molecule is CC1CC(C)CC(NC(=O)N2CCOCC2CC(=O)O)C1. The Balaban J connectivity index is 1.92. The fourth-order valence-corrected chi connectivity index (χ4v) is 3.62. The van der Waals surface area contributed by atoms with Gasteiger partial charge in [-0.1, -0.05) is 13.8 Å². The highest BCUT2D eigenvalue weighted by Gasteiger charge is 2.32. The first kappa shape index (κ1) is 16.1. The second-order valence-electron chi connectivity index (χ2n) is 6.58. The van der Waals surface area contributed by atoms with Crippen molar-refractivity contribution in [1.82, 2.24) is 10.2 Å². The topological polar surface area (TPSA) is 78.9 Å². The van der Waals surface area contributed by atoms with Gasteiger partial charge in [-0.2, -0.15) is 0 Å². The van der Waals surface area contributed by atoms with Gasteiger partial charge in [-0.25, -0.2) is 4.79 Å². The van der Waals surface area contributed by atoms with Gasteiger partial charge in [0.2, 0.25) is 0 Å². The molecule has 120 valence electrons. The number of hydrogen-bond donors (Lipinski definition) is 2. The lowest BCUT2D eigenvalue weighted by Crippen LogP contribution is -2.55. The summed E-state index contributed by atoms with van der Waals surface area (Å²) in [4.78, 5) is 25.0. The molecule has 2 rings (SSSR count). The third kappa shape index (κ3) is 4.59. The molecule has 0 spiro atoms. The summed E-state index contributed by atoms with van der Waals surface area (Å²) in [6.45, 7) is 5.67. The first-order chi connectivity index (χ1) is 9.95. The molecule has 0 aromatic carbocycles. The smallest absolute Gasteiger partial charge is 0.318 e. The lowest BCUT2D eigenvalue weighted by atomic mass is 9.80. The zero-order valence-electron chi connectivity index (χ0n) is 12.9. The van der Waals surface area contributed by atoms with Gasteiger partial charge in [0.15, 0.2) is 0 Å². The van der Waals surface area contributed by atoms with Crippen molar-refractivity contribution in [2.75, 3.05) is 19.8 Å². The molecule has 1 saturated carbocycles. The summed E-state index contributed by atoms with van der Waals surface area (Å²) < 4.78 is 5.30. The number of ether oxygens (including phenoxy) is 1. The Labute approximate surface area is 125 Å². The van der Waals surface area contributed by atoms with E-state index in [0.717, 1.165) is 12.8 Å². The maximum absolute atomic E-state index is 12.4. The van der Waals surface area contributed by atoms with Crippen LogP contribution in [-0.4, -0.2) is 53.8 Å². The molecular formula is C15H26N2O4. The number of carbonyl (C=O) groups is 2. The number of morpholine rings is 1. The van der Waals surface area contributed by atoms with Crippen molar-refractivity contribution in [2.24, 2.45) is 11.8 Å². The third-order valence-corrected chi connectivity index (χ3v) is 4.40. The van der Waals surface area contributed by atoms with Crippen molar-refractivity contribution in [1.29, 1.82) is 0 Å². The van der Waals surface area contributed by atoms with Crippen LogP contribution in [0.25, 0.3) is 0 Å². The minimum absolute atomic E-state index is 0.0646. The largest absolute Gasteiger partial charge is 0.481 e. The molecule has 1 saturated heterocycles. The average molecular weight is 298 g/mol. The molecule has 2 aliphatic rings. The lowest BCUT2D eigenvalue weighted by molar-refractivity contribution is -0.139. The highest BCUT2D eigenvalue weighted by Crippen LogP contribution is 2.28. The van der Waals surface area contributed by atoms with E-state index in [4.69, 9.17) is 9.84 Å². The first-order valence-electron chi connectivity index (χ1n) is 7.82. The molecule has 3 atom stereocenters. The second-order valence-corrected chi connectivity index (χ2v) is 6.58. The number of carboxylic acid groups (broad SMARTS) is 1. The van der Waals surface area contributed by atoms with Crippen LogP contribution in [0.15, 0.2) is 0 Å². The van der Waals surface area contributed by atoms with Gasteiger partial charge < -0.3 is 20.1 Å². The van der Waals surface area contributed by atoms with E-state index in [1.54, 1.807) is 4.90 Å². The van der Waals surface area contributed by atoms with Gasteiger partial charge >= 0.3 is 12.0 Å². The van der Waals surface area contributed by atoms with E-state index < -0.39 is 5.97 Å². The summed E-state index contributed by atoms with van der Waals surface area (Å²) in [6.07, 6.45) is 3.16. The molecule has 2 amide bonds. The van der Waals surface area contributed by atoms with Crippen molar-refractivity contribution in [3.8, 4) is 0 Å². The average Bonchev–Trinajstić information content (AvgIpc) is 2.37. The molecule has 0 aromatic rings. The number of aliphatic carboxylic acids is 1. The van der Waals surface area contributed by atoms with Crippen LogP contribution >= 0.6 is 0 Å². The van der Waals surface area contributed by atoms with Crippen LogP contribution in [0.2, 0.25) is 0 Å². The predicted molar refractivity (Wildman–Crippen MR) is 78.1 cm³/mol. The fraction of sp³-hybridized carbons (Fsp3) is 0.867. The molecule has 2 N–H and O–H groups in total. The summed E-state index contributed by atoms with van der Waals surface area (Å²) in [6, 6.07) is -0.310. The molecule has 0 radical (unpaired) electrons. The van der Waals surface area contributed by atoms with Crippen LogP contribution in [0, 0.1) is 11.8 Å². The Morgan fingerprint density at radius 2 is 1.90 bits per heavy atom. The number of hydrogen-bond acceptors (Lipinski definition) is 3. The van der Waals surface area contributed by atoms with Crippen molar-refractivity contribution in [2.45, 2.75) is 51.6 Å². The van der Waals surface area contributed by atoms with Crippen LogP contribution in [0.4, 0.5) is 4.79 Å². The van der Waals surface area contributed by atoms with Crippen LogP contribution < -0.4 is 5.32 Å². The standard InChI is InChI=1S/C15H26N2O4/c1-10-5-11(2)7-12(6-10)16-15(20)17-3-4-21-9-13(17)8-14(18)19/h10-13H,3-9H2,1-2H3,(H,16,20)(H,18,19). The van der Waals surface area contributed by atoms with Crippen LogP contribution in [0.5, 0.6) is 0 Å². The van der Waals surface area contributed by atoms with Gasteiger partial charge in [0.25, 0.3) is 0 Å². The fourth-order valence-electron chi connectivity index (χ4n) is 3.62. The second kappa shape index (κ2) is 7.11. The van der Waals surface area contributed by atoms with Gasteiger partial charge in [-0.15, -0.1) is 0 Å². The van der Waals surface area contributed by atoms with Gasteiger partial charge in [-0.3, -0.25) is 4.79 Å². The third-order valence-electron chi connectivity index (χ3n) is 4.40. The molecule has 21 heavy (non-hydrogen) atoms. The quantitative estimate of drug-likeness (QED) is 0.831. The number of amides is 2. The summed E-state index contributed by atoms with van der Waals surface area (Å²) in [5.74, 6) is 0.348. The minimum Gasteiger partial charge on any atom is -0.481 e. The van der Waals surface area contributed by atoms with Crippen LogP contribution in [0.3, 0.4) is 0 Å². The van der Waals surface area contributed by atoms with E-state index in [2.05, 4.69) is 19.2 Å². The number of carboxylic acids is 1. The summed E-state index contributed by atoms with van der Waals surface area (Å²) in [5.41, 5.74) is 0. The van der Waals surface area contributed by atoms with E-state index in [1.165, 1.54) is 6.42 Å². The lowest BCUT2D eigenvalue weighted by Gasteiger charge is -2.38. The van der Waals surface area contributed by atoms with E-state index >= 15 is 0 Å². The molecule has 6 nitrogen and oxygen atoms in total. The van der Waals surface area contributed by atoms with Gasteiger partial charge in [-0.05, 0) is 31.1 Å². The maximum atomic E-state index is 12.4. The predicted octanol–water partition coefficient (Wildman–Crippen LogP) is 1.70. The van der Waals surface area contributed by atoms with Crippen molar-refractivity contribution in [3.63, 3.8) is 0 Å². The minimum atomic E-state index is -0.900. The van der Waals surface area contributed by atoms with Crippen molar-refractivity contribution in [3.05, 3.63) is 0 Å². The normalized spacial score (nSPS) is 33.5. The number of rotatable bonds is 3. The number of nitrogens with zero attached hydrogens (tertiary/aromatic N) is 1.